The monoisotopic (exact) mass is 192 g/mol. The molecular formula is C6H14NiO3+2. The average Bonchev–Trinajstić information content (AvgIpc) is 1.95. The molecule has 0 spiro atoms. The Kier molecular flexibility index (Phi) is 7.94. The second-order valence-corrected chi connectivity index (χ2v) is 2.33. The average molecular weight is 193 g/mol. The van der Waals surface area contributed by atoms with Crippen LogP contribution in [0.15, 0.2) is 0 Å². The first-order valence-electron chi connectivity index (χ1n) is 3.07. The predicted octanol–water partition coefficient (Wildman–Crippen LogP) is -0.643. The van der Waals surface area contributed by atoms with Crippen LogP contribution in [0.5, 0.6) is 0 Å². The van der Waals surface area contributed by atoms with E-state index >= 15 is 0 Å². The van der Waals surface area contributed by atoms with Crippen LogP contribution in [0.25, 0.3) is 0 Å². The Morgan fingerprint density at radius 3 is 1.30 bits per heavy atom. The maximum atomic E-state index is 8.66. The molecule has 0 fully saturated rings. The second-order valence-electron chi connectivity index (χ2n) is 2.33. The van der Waals surface area contributed by atoms with Crippen LogP contribution in [0.3, 0.4) is 0 Å². The van der Waals surface area contributed by atoms with Crippen molar-refractivity contribution in [1.29, 1.82) is 0 Å². The van der Waals surface area contributed by atoms with E-state index in [9.17, 15) is 0 Å². The first kappa shape index (κ1) is 13.0. The number of rotatable bonds is 4. The van der Waals surface area contributed by atoms with Gasteiger partial charge in [-0.25, -0.2) is 0 Å². The molecule has 0 radical (unpaired) electrons. The van der Waals surface area contributed by atoms with E-state index in [1.54, 1.807) is 0 Å². The number of hydrogen-bond acceptors (Lipinski definition) is 3. The summed E-state index contributed by atoms with van der Waals surface area (Å²) in [4.78, 5) is 0. The Morgan fingerprint density at radius 2 is 1.30 bits per heavy atom. The van der Waals surface area contributed by atoms with E-state index in [-0.39, 0.29) is 36.3 Å². The smallest absolute Gasteiger partial charge is 0.396 e. The van der Waals surface area contributed by atoms with Gasteiger partial charge in [0, 0.05) is 5.41 Å². The summed E-state index contributed by atoms with van der Waals surface area (Å²) < 4.78 is 0. The zero-order valence-corrected chi connectivity index (χ0v) is 6.97. The predicted molar refractivity (Wildman–Crippen MR) is 34.0 cm³/mol. The van der Waals surface area contributed by atoms with Gasteiger partial charge in [0.05, 0.1) is 19.8 Å². The summed E-state index contributed by atoms with van der Waals surface area (Å²) >= 11 is 0. The van der Waals surface area contributed by atoms with E-state index in [1.165, 1.54) is 0 Å². The largest absolute Gasteiger partial charge is 2.00 e. The summed E-state index contributed by atoms with van der Waals surface area (Å²) in [5.74, 6) is 0. The van der Waals surface area contributed by atoms with Crippen LogP contribution in [0.4, 0.5) is 0 Å². The molecule has 0 aliphatic rings. The fourth-order valence-electron chi connectivity index (χ4n) is 0.485. The molecule has 0 atom stereocenters. The molecule has 0 bridgehead atoms. The fourth-order valence-corrected chi connectivity index (χ4v) is 0.485. The van der Waals surface area contributed by atoms with Crippen molar-refractivity contribution < 1.29 is 31.8 Å². The first-order valence-corrected chi connectivity index (χ1v) is 3.07. The number of aliphatic hydroxyl groups excluding tert-OH is 3. The van der Waals surface area contributed by atoms with Crippen molar-refractivity contribution in [2.45, 2.75) is 13.3 Å². The molecule has 10 heavy (non-hydrogen) atoms. The van der Waals surface area contributed by atoms with Crippen LogP contribution in [0.1, 0.15) is 13.3 Å². The zero-order chi connectivity index (χ0) is 7.33. The maximum Gasteiger partial charge on any atom is 2.00 e. The minimum Gasteiger partial charge on any atom is -0.396 e. The van der Waals surface area contributed by atoms with Gasteiger partial charge < -0.3 is 15.3 Å². The third-order valence-corrected chi connectivity index (χ3v) is 1.76. The van der Waals surface area contributed by atoms with Crippen molar-refractivity contribution in [1.82, 2.24) is 0 Å². The van der Waals surface area contributed by atoms with Crippen LogP contribution in [-0.4, -0.2) is 35.1 Å². The molecule has 0 unspecified atom stereocenters. The Morgan fingerprint density at radius 1 is 1.00 bits per heavy atom. The SMILES string of the molecule is CCC(CO)(CO)CO.[Ni+2]. The van der Waals surface area contributed by atoms with Gasteiger partial charge in [0.25, 0.3) is 0 Å². The van der Waals surface area contributed by atoms with Crippen molar-refractivity contribution in [3.63, 3.8) is 0 Å². The van der Waals surface area contributed by atoms with E-state index < -0.39 is 5.41 Å². The Bertz CT molecular complexity index is 55.9. The van der Waals surface area contributed by atoms with Gasteiger partial charge in [-0.3, -0.25) is 0 Å². The van der Waals surface area contributed by atoms with E-state index in [2.05, 4.69) is 0 Å². The molecule has 0 aliphatic carbocycles. The zero-order valence-electron chi connectivity index (χ0n) is 5.99. The third-order valence-electron chi connectivity index (χ3n) is 1.76. The van der Waals surface area contributed by atoms with Crippen molar-refractivity contribution in [2.24, 2.45) is 5.41 Å². The van der Waals surface area contributed by atoms with Gasteiger partial charge in [-0.05, 0) is 6.42 Å². The summed E-state index contributed by atoms with van der Waals surface area (Å²) in [5.41, 5.74) is -0.667. The van der Waals surface area contributed by atoms with E-state index in [0.29, 0.717) is 6.42 Å². The van der Waals surface area contributed by atoms with Crippen molar-refractivity contribution >= 4 is 0 Å². The standard InChI is InChI=1S/C6H14O3.Ni/c1-2-6(3-7,4-8)5-9;/h7-9H,2-5H2,1H3;/q;+2. The molecule has 0 amide bonds. The van der Waals surface area contributed by atoms with Crippen LogP contribution >= 0.6 is 0 Å². The van der Waals surface area contributed by atoms with E-state index in [4.69, 9.17) is 15.3 Å². The summed E-state index contributed by atoms with van der Waals surface area (Å²) in [6.45, 7) is 1.35. The topological polar surface area (TPSA) is 60.7 Å². The van der Waals surface area contributed by atoms with E-state index in [1.807, 2.05) is 6.92 Å². The van der Waals surface area contributed by atoms with E-state index in [0.717, 1.165) is 0 Å². The molecule has 64 valence electrons. The molecule has 0 aromatic carbocycles. The molecule has 0 saturated carbocycles. The molecule has 0 saturated heterocycles. The van der Waals surface area contributed by atoms with Crippen LogP contribution < -0.4 is 0 Å². The molecule has 0 aliphatic heterocycles. The molecule has 0 heterocycles. The van der Waals surface area contributed by atoms with Gasteiger partial charge in [-0.1, -0.05) is 6.92 Å². The van der Waals surface area contributed by atoms with Gasteiger partial charge >= 0.3 is 16.5 Å². The van der Waals surface area contributed by atoms with Gasteiger partial charge in [0.2, 0.25) is 0 Å². The van der Waals surface area contributed by atoms with Crippen molar-refractivity contribution in [3.8, 4) is 0 Å². The van der Waals surface area contributed by atoms with Crippen LogP contribution in [0, 0.1) is 5.41 Å². The Labute approximate surface area is 71.0 Å². The number of aliphatic hydroxyl groups is 3. The molecule has 0 aromatic heterocycles. The van der Waals surface area contributed by atoms with Crippen molar-refractivity contribution in [2.75, 3.05) is 19.8 Å². The number of hydrogen-bond donors (Lipinski definition) is 3. The van der Waals surface area contributed by atoms with Gasteiger partial charge in [0.1, 0.15) is 0 Å². The molecule has 3 N–H and O–H groups in total. The minimum absolute atomic E-state index is 0. The van der Waals surface area contributed by atoms with Gasteiger partial charge in [-0.2, -0.15) is 0 Å². The van der Waals surface area contributed by atoms with Crippen LogP contribution in [-0.2, 0) is 16.5 Å². The minimum atomic E-state index is -0.667. The van der Waals surface area contributed by atoms with Crippen LogP contribution in [0.2, 0.25) is 0 Å². The normalized spacial score (nSPS) is 10.8. The summed E-state index contributed by atoms with van der Waals surface area (Å²) in [7, 11) is 0. The molecule has 0 aromatic rings. The molecule has 0 rings (SSSR count). The molecular weight excluding hydrogens is 179 g/mol. The molecule has 4 heteroatoms. The van der Waals surface area contributed by atoms with Gasteiger partial charge in [0.15, 0.2) is 0 Å². The fraction of sp³-hybridized carbons (Fsp3) is 1.00. The van der Waals surface area contributed by atoms with Gasteiger partial charge in [-0.15, -0.1) is 0 Å². The van der Waals surface area contributed by atoms with Crippen molar-refractivity contribution in [3.05, 3.63) is 0 Å². The summed E-state index contributed by atoms with van der Waals surface area (Å²) in [6.07, 6.45) is 0.594. The Hall–Kier alpha value is 0.374. The summed E-state index contributed by atoms with van der Waals surface area (Å²) in [5, 5.41) is 26.0. The molecule has 3 nitrogen and oxygen atoms in total. The third kappa shape index (κ3) is 2.97. The Balaban J connectivity index is 0. The maximum absolute atomic E-state index is 8.66. The second kappa shape index (κ2) is 6.11. The quantitative estimate of drug-likeness (QED) is 0.520. The first-order chi connectivity index (χ1) is 4.24. The summed E-state index contributed by atoms with van der Waals surface area (Å²) in [6, 6.07) is 0.